The first kappa shape index (κ1) is 11.9. The topological polar surface area (TPSA) is 95.9 Å². The number of hydrogen-bond acceptors (Lipinski definition) is 4. The number of carbonyl (C=O) groups excluding carboxylic acids is 1. The molecule has 15 heavy (non-hydrogen) atoms. The maximum absolute atomic E-state index is 11.4. The second-order valence-electron chi connectivity index (χ2n) is 3.68. The molecule has 0 radical (unpaired) electrons. The van der Waals surface area contributed by atoms with Crippen LogP contribution in [0.3, 0.4) is 0 Å². The molecule has 1 aliphatic heterocycles. The molecule has 0 spiro atoms. The van der Waals surface area contributed by atoms with Gasteiger partial charge in [-0.05, 0) is 13.3 Å². The van der Waals surface area contributed by atoms with E-state index in [1.54, 1.807) is 0 Å². The summed E-state index contributed by atoms with van der Waals surface area (Å²) in [5.74, 6) is -1.84. The highest BCUT2D eigenvalue weighted by Gasteiger charge is 2.28. The molecule has 1 heterocycles. The predicted octanol–water partition coefficient (Wildman–Crippen LogP) is -1.03. The lowest BCUT2D eigenvalue weighted by molar-refractivity contribution is -0.146. The molecule has 0 bridgehead atoms. The number of aliphatic hydroxyl groups excluding tert-OH is 1. The first-order valence-electron chi connectivity index (χ1n) is 4.81. The number of aliphatic hydroxyl groups is 1. The highest BCUT2D eigenvalue weighted by Crippen LogP contribution is 2.18. The van der Waals surface area contributed by atoms with E-state index in [9.17, 15) is 9.59 Å². The fourth-order valence-corrected chi connectivity index (χ4v) is 1.43. The second kappa shape index (κ2) is 5.09. The van der Waals surface area contributed by atoms with Gasteiger partial charge in [-0.25, -0.2) is 4.79 Å². The van der Waals surface area contributed by atoms with Crippen LogP contribution < -0.4 is 5.32 Å². The Morgan fingerprint density at radius 2 is 2.27 bits per heavy atom. The maximum Gasteiger partial charge on any atom is 0.334 e. The molecule has 1 saturated heterocycles. The van der Waals surface area contributed by atoms with E-state index in [1.165, 1.54) is 0 Å². The fourth-order valence-electron chi connectivity index (χ4n) is 1.43. The summed E-state index contributed by atoms with van der Waals surface area (Å²) in [4.78, 5) is 21.7. The summed E-state index contributed by atoms with van der Waals surface area (Å²) in [6.45, 7) is 1.97. The van der Waals surface area contributed by atoms with Crippen LogP contribution in [-0.4, -0.2) is 47.4 Å². The molecule has 3 atom stereocenters. The summed E-state index contributed by atoms with van der Waals surface area (Å²) in [6.07, 6.45) is -0.853. The van der Waals surface area contributed by atoms with Gasteiger partial charge in [-0.1, -0.05) is 0 Å². The van der Waals surface area contributed by atoms with Crippen LogP contribution in [0, 0.1) is 5.92 Å². The van der Waals surface area contributed by atoms with Crippen molar-refractivity contribution in [3.05, 3.63) is 0 Å². The summed E-state index contributed by atoms with van der Waals surface area (Å²) in [5, 5.41) is 19.7. The Labute approximate surface area is 87.2 Å². The highest BCUT2D eigenvalue weighted by molar-refractivity contribution is 5.80. The predicted molar refractivity (Wildman–Crippen MR) is 50.2 cm³/mol. The van der Waals surface area contributed by atoms with E-state index in [2.05, 4.69) is 5.32 Å². The fraction of sp³-hybridized carbons (Fsp3) is 0.778. The molecule has 0 saturated carbocycles. The largest absolute Gasteiger partial charge is 0.479 e. The van der Waals surface area contributed by atoms with Crippen LogP contribution >= 0.6 is 0 Å². The number of rotatable bonds is 4. The van der Waals surface area contributed by atoms with Gasteiger partial charge >= 0.3 is 5.97 Å². The lowest BCUT2D eigenvalue weighted by Crippen LogP contribution is -2.39. The van der Waals surface area contributed by atoms with E-state index in [4.69, 9.17) is 14.9 Å². The Morgan fingerprint density at radius 3 is 2.73 bits per heavy atom. The Balaban J connectivity index is 2.27. The lowest BCUT2D eigenvalue weighted by atomic mass is 10.1. The third-order valence-electron chi connectivity index (χ3n) is 2.32. The van der Waals surface area contributed by atoms with Gasteiger partial charge in [-0.15, -0.1) is 0 Å². The van der Waals surface area contributed by atoms with Crippen LogP contribution in [0.25, 0.3) is 0 Å². The van der Waals surface area contributed by atoms with Crippen LogP contribution in [0.2, 0.25) is 0 Å². The Bertz CT molecular complexity index is 255. The van der Waals surface area contributed by atoms with Gasteiger partial charge in [0.05, 0.1) is 25.2 Å². The number of ether oxygens (including phenoxy) is 1. The van der Waals surface area contributed by atoms with Crippen molar-refractivity contribution in [1.29, 1.82) is 0 Å². The standard InChI is InChI=1S/C9H15NO5/c1-5-2-6(4-15-5)8(12)10-3-7(11)9(13)14/h5-7,11H,2-4H2,1H3,(H,10,12)(H,13,14)/t5?,6?,7-/m0/s1. The van der Waals surface area contributed by atoms with E-state index in [0.29, 0.717) is 13.0 Å². The molecule has 1 rings (SSSR count). The van der Waals surface area contributed by atoms with Crippen molar-refractivity contribution < 1.29 is 24.5 Å². The van der Waals surface area contributed by atoms with Crippen LogP contribution in [-0.2, 0) is 14.3 Å². The number of hydrogen-bond donors (Lipinski definition) is 3. The molecular formula is C9H15NO5. The molecule has 1 amide bonds. The van der Waals surface area contributed by atoms with Gasteiger partial charge in [-0.2, -0.15) is 0 Å². The average molecular weight is 217 g/mol. The molecule has 3 N–H and O–H groups in total. The minimum absolute atomic E-state index is 0.0603. The minimum Gasteiger partial charge on any atom is -0.479 e. The summed E-state index contributed by atoms with van der Waals surface area (Å²) < 4.78 is 5.20. The smallest absolute Gasteiger partial charge is 0.334 e. The maximum atomic E-state index is 11.4. The first-order valence-corrected chi connectivity index (χ1v) is 4.81. The number of nitrogens with one attached hydrogen (secondary N) is 1. The van der Waals surface area contributed by atoms with Crippen LogP contribution in [0.15, 0.2) is 0 Å². The third-order valence-corrected chi connectivity index (χ3v) is 2.32. The summed E-state index contributed by atoms with van der Waals surface area (Å²) in [6, 6.07) is 0. The summed E-state index contributed by atoms with van der Waals surface area (Å²) >= 11 is 0. The molecule has 0 aromatic rings. The summed E-state index contributed by atoms with van der Waals surface area (Å²) in [5.41, 5.74) is 0. The van der Waals surface area contributed by atoms with E-state index in [-0.39, 0.29) is 24.5 Å². The number of amides is 1. The second-order valence-corrected chi connectivity index (χ2v) is 3.68. The molecule has 1 aliphatic rings. The Kier molecular flexibility index (Phi) is 4.05. The number of aliphatic carboxylic acids is 1. The minimum atomic E-state index is -1.55. The van der Waals surface area contributed by atoms with E-state index >= 15 is 0 Å². The van der Waals surface area contributed by atoms with Crippen molar-refractivity contribution in [1.82, 2.24) is 5.32 Å². The molecule has 6 heteroatoms. The summed E-state index contributed by atoms with van der Waals surface area (Å²) in [7, 11) is 0. The van der Waals surface area contributed by atoms with Gasteiger partial charge in [-0.3, -0.25) is 4.79 Å². The Hall–Kier alpha value is -1.14. The third kappa shape index (κ3) is 3.49. The molecule has 86 valence electrons. The van der Waals surface area contributed by atoms with Gasteiger partial charge in [0.2, 0.25) is 5.91 Å². The zero-order valence-corrected chi connectivity index (χ0v) is 8.47. The van der Waals surface area contributed by atoms with Crippen molar-refractivity contribution in [2.75, 3.05) is 13.2 Å². The molecule has 1 fully saturated rings. The zero-order chi connectivity index (χ0) is 11.4. The molecule has 0 aromatic heterocycles. The molecule has 0 aliphatic carbocycles. The van der Waals surface area contributed by atoms with Gasteiger partial charge in [0.25, 0.3) is 0 Å². The number of carbonyl (C=O) groups is 2. The van der Waals surface area contributed by atoms with Gasteiger partial charge < -0.3 is 20.3 Å². The average Bonchev–Trinajstić information content (AvgIpc) is 2.60. The van der Waals surface area contributed by atoms with Gasteiger partial charge in [0.15, 0.2) is 6.10 Å². The van der Waals surface area contributed by atoms with Gasteiger partial charge in [0, 0.05) is 0 Å². The van der Waals surface area contributed by atoms with Crippen LogP contribution in [0.1, 0.15) is 13.3 Å². The van der Waals surface area contributed by atoms with E-state index in [1.807, 2.05) is 6.92 Å². The molecule has 6 nitrogen and oxygen atoms in total. The first-order chi connectivity index (χ1) is 7.00. The van der Waals surface area contributed by atoms with Crippen molar-refractivity contribution in [3.63, 3.8) is 0 Å². The quantitative estimate of drug-likeness (QED) is 0.559. The molecule has 2 unspecified atom stereocenters. The van der Waals surface area contributed by atoms with Gasteiger partial charge in [0.1, 0.15) is 0 Å². The lowest BCUT2D eigenvalue weighted by Gasteiger charge is -2.10. The number of carboxylic acid groups (broad SMARTS) is 1. The van der Waals surface area contributed by atoms with Crippen molar-refractivity contribution >= 4 is 11.9 Å². The molecular weight excluding hydrogens is 202 g/mol. The highest BCUT2D eigenvalue weighted by atomic mass is 16.5. The molecule has 0 aromatic carbocycles. The van der Waals surface area contributed by atoms with E-state index < -0.39 is 12.1 Å². The van der Waals surface area contributed by atoms with Crippen LogP contribution in [0.5, 0.6) is 0 Å². The van der Waals surface area contributed by atoms with Crippen molar-refractivity contribution in [3.8, 4) is 0 Å². The Morgan fingerprint density at radius 1 is 1.60 bits per heavy atom. The van der Waals surface area contributed by atoms with Crippen molar-refractivity contribution in [2.24, 2.45) is 5.92 Å². The van der Waals surface area contributed by atoms with E-state index in [0.717, 1.165) is 0 Å². The zero-order valence-electron chi connectivity index (χ0n) is 8.47. The number of carboxylic acids is 1. The monoisotopic (exact) mass is 217 g/mol. The van der Waals surface area contributed by atoms with Crippen molar-refractivity contribution in [2.45, 2.75) is 25.6 Å². The van der Waals surface area contributed by atoms with Crippen LogP contribution in [0.4, 0.5) is 0 Å². The normalized spacial score (nSPS) is 27.3. The SMILES string of the molecule is CC1CC(C(=O)NC[C@H](O)C(=O)O)CO1.